The van der Waals surface area contributed by atoms with E-state index in [-0.39, 0.29) is 5.91 Å². The monoisotopic (exact) mass is 317 g/mol. The van der Waals surface area contributed by atoms with Gasteiger partial charge in [0, 0.05) is 32.4 Å². The Kier molecular flexibility index (Phi) is 6.66. The van der Waals surface area contributed by atoms with Crippen LogP contribution in [0.25, 0.3) is 5.57 Å². The number of likely N-dealkylation sites (tertiary alicyclic amines) is 1. The van der Waals surface area contributed by atoms with Gasteiger partial charge in [0.25, 0.3) is 0 Å². The molecule has 1 saturated heterocycles. The van der Waals surface area contributed by atoms with E-state index in [0.717, 1.165) is 56.0 Å². The molecule has 0 saturated carbocycles. The zero-order valence-electron chi connectivity index (χ0n) is 14.4. The van der Waals surface area contributed by atoms with Crippen LogP contribution in [0.5, 0.6) is 5.75 Å². The van der Waals surface area contributed by atoms with Gasteiger partial charge in [-0.05, 0) is 55.9 Å². The molecular formula is C19H27NO3. The SMILES string of the molecule is CCOCC1CCN(C(=O)/C=C(\C)c2cccc(OC)c2)CC1. The Morgan fingerprint density at radius 1 is 1.35 bits per heavy atom. The van der Waals surface area contributed by atoms with E-state index in [1.807, 2.05) is 43.0 Å². The summed E-state index contributed by atoms with van der Waals surface area (Å²) >= 11 is 0. The van der Waals surface area contributed by atoms with Crippen LogP contribution in [-0.4, -0.2) is 44.2 Å². The minimum absolute atomic E-state index is 0.0974. The summed E-state index contributed by atoms with van der Waals surface area (Å²) in [6.45, 7) is 7.20. The van der Waals surface area contributed by atoms with E-state index in [0.29, 0.717) is 5.92 Å². The molecule has 0 aromatic heterocycles. The molecule has 1 fully saturated rings. The van der Waals surface area contributed by atoms with Crippen molar-refractivity contribution in [3.8, 4) is 5.75 Å². The second kappa shape index (κ2) is 8.73. The molecule has 1 aliphatic rings. The summed E-state index contributed by atoms with van der Waals surface area (Å²) in [7, 11) is 1.65. The summed E-state index contributed by atoms with van der Waals surface area (Å²) in [6.07, 6.45) is 3.78. The zero-order chi connectivity index (χ0) is 16.7. The van der Waals surface area contributed by atoms with Gasteiger partial charge >= 0.3 is 0 Å². The fourth-order valence-electron chi connectivity index (χ4n) is 2.83. The summed E-state index contributed by atoms with van der Waals surface area (Å²) in [5, 5.41) is 0. The fraction of sp³-hybridized carbons (Fsp3) is 0.526. The molecule has 4 heteroatoms. The van der Waals surface area contributed by atoms with Crippen LogP contribution >= 0.6 is 0 Å². The first-order chi connectivity index (χ1) is 11.1. The Balaban J connectivity index is 1.93. The third-order valence-corrected chi connectivity index (χ3v) is 4.35. The van der Waals surface area contributed by atoms with Crippen LogP contribution in [-0.2, 0) is 9.53 Å². The lowest BCUT2D eigenvalue weighted by Crippen LogP contribution is -2.38. The van der Waals surface area contributed by atoms with Crippen molar-refractivity contribution in [1.82, 2.24) is 4.90 Å². The number of nitrogens with zero attached hydrogens (tertiary/aromatic N) is 1. The van der Waals surface area contributed by atoms with Gasteiger partial charge in [0.2, 0.25) is 5.91 Å². The first-order valence-corrected chi connectivity index (χ1v) is 8.33. The highest BCUT2D eigenvalue weighted by molar-refractivity contribution is 5.95. The smallest absolute Gasteiger partial charge is 0.246 e. The van der Waals surface area contributed by atoms with Crippen molar-refractivity contribution in [1.29, 1.82) is 0 Å². The number of carbonyl (C=O) groups is 1. The van der Waals surface area contributed by atoms with Gasteiger partial charge in [-0.15, -0.1) is 0 Å². The number of amides is 1. The lowest BCUT2D eigenvalue weighted by atomic mass is 9.97. The molecule has 1 heterocycles. The van der Waals surface area contributed by atoms with Gasteiger partial charge < -0.3 is 14.4 Å². The van der Waals surface area contributed by atoms with Crippen molar-refractivity contribution in [3.05, 3.63) is 35.9 Å². The first-order valence-electron chi connectivity index (χ1n) is 8.33. The summed E-state index contributed by atoms with van der Waals surface area (Å²) in [5.74, 6) is 1.49. The normalized spacial score (nSPS) is 16.5. The minimum Gasteiger partial charge on any atom is -0.497 e. The van der Waals surface area contributed by atoms with Crippen LogP contribution in [0.1, 0.15) is 32.3 Å². The Morgan fingerprint density at radius 3 is 2.74 bits per heavy atom. The van der Waals surface area contributed by atoms with E-state index in [2.05, 4.69) is 0 Å². The highest BCUT2D eigenvalue weighted by Gasteiger charge is 2.21. The average molecular weight is 317 g/mol. The van der Waals surface area contributed by atoms with Crippen molar-refractivity contribution < 1.29 is 14.3 Å². The molecule has 0 radical (unpaired) electrons. The number of allylic oxidation sites excluding steroid dienone is 1. The van der Waals surface area contributed by atoms with Crippen molar-refractivity contribution in [2.75, 3.05) is 33.4 Å². The number of hydrogen-bond acceptors (Lipinski definition) is 3. The van der Waals surface area contributed by atoms with Crippen molar-refractivity contribution in [2.45, 2.75) is 26.7 Å². The predicted octanol–water partition coefficient (Wildman–Crippen LogP) is 3.37. The third-order valence-electron chi connectivity index (χ3n) is 4.35. The highest BCUT2D eigenvalue weighted by atomic mass is 16.5. The largest absolute Gasteiger partial charge is 0.497 e. The van der Waals surface area contributed by atoms with Crippen LogP contribution in [0, 0.1) is 5.92 Å². The van der Waals surface area contributed by atoms with Crippen molar-refractivity contribution in [2.24, 2.45) is 5.92 Å². The molecule has 1 amide bonds. The number of rotatable bonds is 6. The molecule has 2 rings (SSSR count). The van der Waals surface area contributed by atoms with Crippen LogP contribution < -0.4 is 4.74 Å². The minimum atomic E-state index is 0.0974. The molecule has 0 atom stereocenters. The topological polar surface area (TPSA) is 38.8 Å². The predicted molar refractivity (Wildman–Crippen MR) is 92.4 cm³/mol. The van der Waals surface area contributed by atoms with E-state index in [9.17, 15) is 4.79 Å². The molecule has 0 N–H and O–H groups in total. The maximum absolute atomic E-state index is 12.4. The molecule has 4 nitrogen and oxygen atoms in total. The van der Waals surface area contributed by atoms with Crippen LogP contribution in [0.2, 0.25) is 0 Å². The number of hydrogen-bond donors (Lipinski definition) is 0. The molecule has 126 valence electrons. The van der Waals surface area contributed by atoms with Crippen LogP contribution in [0.15, 0.2) is 30.3 Å². The molecule has 1 aliphatic heterocycles. The second-order valence-corrected chi connectivity index (χ2v) is 5.99. The van der Waals surface area contributed by atoms with E-state index in [1.165, 1.54) is 0 Å². The van der Waals surface area contributed by atoms with Gasteiger partial charge in [-0.1, -0.05) is 12.1 Å². The fourth-order valence-corrected chi connectivity index (χ4v) is 2.83. The van der Waals surface area contributed by atoms with E-state index >= 15 is 0 Å². The van der Waals surface area contributed by atoms with Crippen LogP contribution in [0.4, 0.5) is 0 Å². The van der Waals surface area contributed by atoms with Gasteiger partial charge in [0.05, 0.1) is 7.11 Å². The Bertz CT molecular complexity index is 545. The van der Waals surface area contributed by atoms with E-state index < -0.39 is 0 Å². The third kappa shape index (κ3) is 5.10. The van der Waals surface area contributed by atoms with Gasteiger partial charge in [-0.2, -0.15) is 0 Å². The molecule has 0 unspecified atom stereocenters. The Hall–Kier alpha value is -1.81. The molecule has 0 aliphatic carbocycles. The van der Waals surface area contributed by atoms with Crippen molar-refractivity contribution >= 4 is 11.5 Å². The molecule has 0 spiro atoms. The van der Waals surface area contributed by atoms with E-state index in [1.54, 1.807) is 13.2 Å². The van der Waals surface area contributed by atoms with E-state index in [4.69, 9.17) is 9.47 Å². The average Bonchev–Trinajstić information content (AvgIpc) is 2.60. The Morgan fingerprint density at radius 2 is 2.09 bits per heavy atom. The van der Waals surface area contributed by atoms with Gasteiger partial charge in [-0.3, -0.25) is 4.79 Å². The maximum Gasteiger partial charge on any atom is 0.246 e. The lowest BCUT2D eigenvalue weighted by Gasteiger charge is -2.31. The van der Waals surface area contributed by atoms with Crippen LogP contribution in [0.3, 0.4) is 0 Å². The standard InChI is InChI=1S/C19H27NO3/c1-4-23-14-16-8-10-20(11-9-16)19(21)12-15(2)17-6-5-7-18(13-17)22-3/h5-7,12-13,16H,4,8-11,14H2,1-3H3/b15-12+. The molecule has 1 aromatic rings. The summed E-state index contributed by atoms with van der Waals surface area (Å²) < 4.78 is 10.7. The number of benzene rings is 1. The highest BCUT2D eigenvalue weighted by Crippen LogP contribution is 2.21. The molecule has 0 bridgehead atoms. The lowest BCUT2D eigenvalue weighted by molar-refractivity contribution is -0.127. The number of carbonyl (C=O) groups excluding carboxylic acids is 1. The maximum atomic E-state index is 12.4. The summed E-state index contributed by atoms with van der Waals surface area (Å²) in [6, 6.07) is 7.79. The van der Waals surface area contributed by atoms with Crippen molar-refractivity contribution in [3.63, 3.8) is 0 Å². The zero-order valence-corrected chi connectivity index (χ0v) is 14.4. The second-order valence-electron chi connectivity index (χ2n) is 5.99. The Labute approximate surface area is 139 Å². The number of piperidine rings is 1. The number of methoxy groups -OCH3 is 1. The molecule has 23 heavy (non-hydrogen) atoms. The summed E-state index contributed by atoms with van der Waals surface area (Å²) in [4.78, 5) is 14.4. The van der Waals surface area contributed by atoms with Gasteiger partial charge in [0.15, 0.2) is 0 Å². The quantitative estimate of drug-likeness (QED) is 0.755. The summed E-state index contributed by atoms with van der Waals surface area (Å²) in [5.41, 5.74) is 1.98. The van der Waals surface area contributed by atoms with Gasteiger partial charge in [0.1, 0.15) is 5.75 Å². The van der Waals surface area contributed by atoms with Gasteiger partial charge in [-0.25, -0.2) is 0 Å². The molecule has 1 aromatic carbocycles. The molecular weight excluding hydrogens is 290 g/mol. The first kappa shape index (κ1) is 17.5. The number of ether oxygens (including phenoxy) is 2.